The quantitative estimate of drug-likeness (QED) is 0.808. The maximum absolute atomic E-state index is 5.40. The van der Waals surface area contributed by atoms with Crippen molar-refractivity contribution in [1.82, 2.24) is 14.0 Å². The van der Waals surface area contributed by atoms with Gasteiger partial charge in [0.2, 0.25) is 0 Å². The molecule has 1 aromatic heterocycles. The Labute approximate surface area is 136 Å². The Balaban J connectivity index is 1.57. The fourth-order valence-electron chi connectivity index (χ4n) is 2.77. The van der Waals surface area contributed by atoms with Gasteiger partial charge in [-0.25, -0.2) is 0 Å². The summed E-state index contributed by atoms with van der Waals surface area (Å²) < 4.78 is 10.2. The molecule has 6 heteroatoms. The van der Waals surface area contributed by atoms with Gasteiger partial charge in [-0.15, -0.1) is 0 Å². The zero-order valence-corrected chi connectivity index (χ0v) is 13.9. The largest absolute Gasteiger partial charge is 0.497 e. The molecule has 2 heterocycles. The number of anilines is 1. The van der Waals surface area contributed by atoms with Crippen LogP contribution in [-0.4, -0.2) is 47.3 Å². The lowest BCUT2D eigenvalue weighted by Crippen LogP contribution is -2.46. The van der Waals surface area contributed by atoms with Crippen LogP contribution in [0.1, 0.15) is 0 Å². The average molecular weight is 318 g/mol. The molecular formula is C16H22N4OS. The molecule has 1 aliphatic rings. The Morgan fingerprint density at radius 2 is 1.73 bits per heavy atom. The first kappa shape index (κ1) is 15.1. The van der Waals surface area contributed by atoms with Gasteiger partial charge >= 0.3 is 0 Å². The summed E-state index contributed by atoms with van der Waals surface area (Å²) >= 11 is 5.40. The molecule has 5 nitrogen and oxygen atoms in total. The minimum atomic E-state index is 0.871. The number of hydrogen-bond donors (Lipinski definition) is 0. The van der Waals surface area contributed by atoms with Gasteiger partial charge in [0.05, 0.1) is 13.8 Å². The molecule has 3 rings (SSSR count). The monoisotopic (exact) mass is 318 g/mol. The van der Waals surface area contributed by atoms with Gasteiger partial charge in [0.1, 0.15) is 5.75 Å². The van der Waals surface area contributed by atoms with Crippen LogP contribution in [0.25, 0.3) is 0 Å². The van der Waals surface area contributed by atoms with E-state index in [2.05, 4.69) is 32.7 Å². The number of aromatic nitrogens is 2. The number of hydrogen-bond acceptors (Lipinski definition) is 4. The van der Waals surface area contributed by atoms with E-state index in [9.17, 15) is 0 Å². The number of methoxy groups -OCH3 is 1. The van der Waals surface area contributed by atoms with E-state index in [0.29, 0.717) is 0 Å². The summed E-state index contributed by atoms with van der Waals surface area (Å²) in [5.74, 6) is 0.904. The van der Waals surface area contributed by atoms with Crippen molar-refractivity contribution >= 4 is 17.9 Å². The molecule has 22 heavy (non-hydrogen) atoms. The van der Waals surface area contributed by atoms with Crippen molar-refractivity contribution in [3.63, 3.8) is 0 Å². The lowest BCUT2D eigenvalue weighted by Gasteiger charge is -2.36. The molecule has 1 aromatic carbocycles. The van der Waals surface area contributed by atoms with Gasteiger partial charge in [-0.05, 0) is 36.5 Å². The van der Waals surface area contributed by atoms with E-state index in [4.69, 9.17) is 17.0 Å². The van der Waals surface area contributed by atoms with Crippen molar-refractivity contribution in [2.24, 2.45) is 7.05 Å². The molecule has 1 fully saturated rings. The summed E-state index contributed by atoms with van der Waals surface area (Å²) in [6.07, 6.45) is 4.06. The fourth-order valence-corrected chi connectivity index (χ4v) is 2.95. The van der Waals surface area contributed by atoms with Crippen molar-refractivity contribution in [3.8, 4) is 5.75 Å². The Kier molecular flexibility index (Phi) is 4.49. The van der Waals surface area contributed by atoms with Gasteiger partial charge < -0.3 is 18.8 Å². The number of rotatable bonds is 4. The highest BCUT2D eigenvalue weighted by Crippen LogP contribution is 2.20. The van der Waals surface area contributed by atoms with Crippen molar-refractivity contribution in [2.45, 2.75) is 6.67 Å². The van der Waals surface area contributed by atoms with Crippen LogP contribution in [0.4, 0.5) is 5.69 Å². The van der Waals surface area contributed by atoms with Crippen LogP contribution in [-0.2, 0) is 13.7 Å². The third-order valence-corrected chi connectivity index (χ3v) is 4.70. The summed E-state index contributed by atoms with van der Waals surface area (Å²) in [5.41, 5.74) is 1.26. The molecule has 0 N–H and O–H groups in total. The molecule has 118 valence electrons. The zero-order chi connectivity index (χ0) is 15.5. The molecule has 0 bridgehead atoms. The van der Waals surface area contributed by atoms with Gasteiger partial charge in [0.25, 0.3) is 0 Å². The van der Waals surface area contributed by atoms with E-state index >= 15 is 0 Å². The van der Waals surface area contributed by atoms with Gasteiger partial charge in [-0.2, -0.15) is 0 Å². The number of ether oxygens (including phenoxy) is 1. The summed E-state index contributed by atoms with van der Waals surface area (Å²) in [6.45, 7) is 5.03. The van der Waals surface area contributed by atoms with E-state index in [1.165, 1.54) is 5.69 Å². The van der Waals surface area contributed by atoms with E-state index in [1.54, 1.807) is 7.11 Å². The van der Waals surface area contributed by atoms with Crippen LogP contribution in [0, 0.1) is 4.77 Å². The zero-order valence-electron chi connectivity index (χ0n) is 13.1. The van der Waals surface area contributed by atoms with E-state index in [1.807, 2.05) is 29.9 Å². The lowest BCUT2D eigenvalue weighted by atomic mass is 10.2. The third-order valence-electron chi connectivity index (χ3n) is 4.18. The molecule has 0 radical (unpaired) electrons. The van der Waals surface area contributed by atoms with E-state index in [-0.39, 0.29) is 0 Å². The lowest BCUT2D eigenvalue weighted by molar-refractivity contribution is 0.204. The van der Waals surface area contributed by atoms with E-state index in [0.717, 1.165) is 43.4 Å². The molecule has 1 saturated heterocycles. The molecule has 0 aliphatic carbocycles. The number of imidazole rings is 1. The SMILES string of the molecule is COc1ccc(N2CCN(Cn3ccn(C)c3=S)CC2)cc1. The van der Waals surface area contributed by atoms with Crippen molar-refractivity contribution < 1.29 is 4.74 Å². The Morgan fingerprint density at radius 3 is 2.27 bits per heavy atom. The summed E-state index contributed by atoms with van der Waals surface area (Å²) in [5, 5.41) is 0. The van der Waals surface area contributed by atoms with Crippen LogP contribution in [0.15, 0.2) is 36.7 Å². The van der Waals surface area contributed by atoms with Crippen molar-refractivity contribution in [3.05, 3.63) is 41.4 Å². The number of benzene rings is 1. The molecule has 0 unspecified atom stereocenters. The molecular weight excluding hydrogens is 296 g/mol. The average Bonchev–Trinajstić information content (AvgIpc) is 2.88. The van der Waals surface area contributed by atoms with Crippen molar-refractivity contribution in [1.29, 1.82) is 0 Å². The number of aryl methyl sites for hydroxylation is 1. The topological polar surface area (TPSA) is 25.6 Å². The normalized spacial score (nSPS) is 16.0. The summed E-state index contributed by atoms with van der Waals surface area (Å²) in [4.78, 5) is 4.86. The van der Waals surface area contributed by atoms with Gasteiger partial charge in [0.15, 0.2) is 4.77 Å². The summed E-state index contributed by atoms with van der Waals surface area (Å²) in [6, 6.07) is 8.29. The van der Waals surface area contributed by atoms with Gasteiger partial charge in [-0.1, -0.05) is 0 Å². The van der Waals surface area contributed by atoms with Gasteiger partial charge in [0, 0.05) is 51.3 Å². The van der Waals surface area contributed by atoms with Crippen LogP contribution >= 0.6 is 12.2 Å². The smallest absolute Gasteiger partial charge is 0.180 e. The minimum Gasteiger partial charge on any atom is -0.497 e. The van der Waals surface area contributed by atoms with Crippen LogP contribution in [0.5, 0.6) is 5.75 Å². The predicted molar refractivity (Wildman–Crippen MR) is 91.0 cm³/mol. The standard InChI is InChI=1S/C16H22N4OS/c1-17-7-10-20(16(17)22)13-18-8-11-19(12-9-18)14-3-5-15(21-2)6-4-14/h3-7,10H,8-9,11-13H2,1-2H3. The summed E-state index contributed by atoms with van der Waals surface area (Å²) in [7, 11) is 3.68. The first-order chi connectivity index (χ1) is 10.7. The van der Waals surface area contributed by atoms with Crippen LogP contribution in [0.3, 0.4) is 0 Å². The maximum atomic E-state index is 5.40. The number of nitrogens with zero attached hydrogens (tertiary/aromatic N) is 4. The fraction of sp³-hybridized carbons (Fsp3) is 0.438. The maximum Gasteiger partial charge on any atom is 0.180 e. The Morgan fingerprint density at radius 1 is 1.05 bits per heavy atom. The van der Waals surface area contributed by atoms with Crippen molar-refractivity contribution in [2.75, 3.05) is 38.2 Å². The molecule has 1 aliphatic heterocycles. The first-order valence-corrected chi connectivity index (χ1v) is 7.91. The Bertz CT molecular complexity index is 668. The third kappa shape index (κ3) is 3.18. The predicted octanol–water partition coefficient (Wildman–Crippen LogP) is 2.34. The van der Waals surface area contributed by atoms with Crippen LogP contribution in [0.2, 0.25) is 0 Å². The highest BCUT2D eigenvalue weighted by Gasteiger charge is 2.17. The van der Waals surface area contributed by atoms with E-state index < -0.39 is 0 Å². The highest BCUT2D eigenvalue weighted by atomic mass is 32.1. The second-order valence-electron chi connectivity index (χ2n) is 5.61. The highest BCUT2D eigenvalue weighted by molar-refractivity contribution is 7.71. The first-order valence-electron chi connectivity index (χ1n) is 7.50. The van der Waals surface area contributed by atoms with Gasteiger partial charge in [-0.3, -0.25) is 4.90 Å². The molecule has 2 aromatic rings. The second kappa shape index (κ2) is 6.54. The molecule has 0 saturated carbocycles. The molecule has 0 spiro atoms. The Hall–Kier alpha value is -1.79. The minimum absolute atomic E-state index is 0.871. The second-order valence-corrected chi connectivity index (χ2v) is 5.97. The molecule has 0 atom stereocenters. The molecule has 0 amide bonds. The van der Waals surface area contributed by atoms with Crippen LogP contribution < -0.4 is 9.64 Å². The number of piperazine rings is 1.